The zero-order valence-corrected chi connectivity index (χ0v) is 10.5. The number of carbonyl (C=O) groups excluding carboxylic acids is 1. The van der Waals surface area contributed by atoms with Crippen molar-refractivity contribution >= 4 is 6.09 Å². The number of nitrogens with zero attached hydrogens (tertiary/aromatic N) is 1. The molecule has 1 heterocycles. The summed E-state index contributed by atoms with van der Waals surface area (Å²) in [5.74, 6) is 0. The van der Waals surface area contributed by atoms with Crippen LogP contribution >= 0.6 is 0 Å². The molecule has 1 atom stereocenters. The van der Waals surface area contributed by atoms with Crippen molar-refractivity contribution in [3.05, 3.63) is 35.9 Å². The second kappa shape index (κ2) is 6.37. The molecule has 18 heavy (non-hydrogen) atoms. The van der Waals surface area contributed by atoms with Crippen molar-refractivity contribution in [2.24, 2.45) is 0 Å². The third-order valence-electron chi connectivity index (χ3n) is 2.70. The summed E-state index contributed by atoms with van der Waals surface area (Å²) in [4.78, 5) is 17.1. The fourth-order valence-electron chi connectivity index (χ4n) is 1.67. The SMILES string of the molecule is C[C@@H]1CON(C(=O)OCc2ccccc2)CCN1. The third kappa shape index (κ3) is 3.72. The van der Waals surface area contributed by atoms with Crippen LogP contribution in [0.4, 0.5) is 4.79 Å². The van der Waals surface area contributed by atoms with Gasteiger partial charge in [-0.1, -0.05) is 30.3 Å². The monoisotopic (exact) mass is 250 g/mol. The Morgan fingerprint density at radius 2 is 2.28 bits per heavy atom. The molecule has 1 aliphatic heterocycles. The highest BCUT2D eigenvalue weighted by molar-refractivity contribution is 5.66. The van der Waals surface area contributed by atoms with Gasteiger partial charge in [0, 0.05) is 12.6 Å². The maximum absolute atomic E-state index is 11.8. The first kappa shape index (κ1) is 12.9. The molecule has 1 aromatic carbocycles. The molecule has 1 saturated heterocycles. The van der Waals surface area contributed by atoms with Crippen molar-refractivity contribution in [2.75, 3.05) is 19.7 Å². The van der Waals surface area contributed by atoms with Gasteiger partial charge in [0.15, 0.2) is 0 Å². The van der Waals surface area contributed by atoms with E-state index in [2.05, 4.69) is 5.32 Å². The van der Waals surface area contributed by atoms with Crippen LogP contribution in [0.2, 0.25) is 0 Å². The van der Waals surface area contributed by atoms with E-state index in [9.17, 15) is 4.79 Å². The van der Waals surface area contributed by atoms with E-state index in [1.54, 1.807) is 0 Å². The van der Waals surface area contributed by atoms with E-state index >= 15 is 0 Å². The molecule has 0 radical (unpaired) electrons. The summed E-state index contributed by atoms with van der Waals surface area (Å²) in [5.41, 5.74) is 0.965. The molecular formula is C13H18N2O3. The summed E-state index contributed by atoms with van der Waals surface area (Å²) in [6.07, 6.45) is -0.435. The fourth-order valence-corrected chi connectivity index (χ4v) is 1.67. The van der Waals surface area contributed by atoms with Gasteiger partial charge in [-0.15, -0.1) is 0 Å². The number of rotatable bonds is 2. The van der Waals surface area contributed by atoms with Crippen molar-refractivity contribution in [3.8, 4) is 0 Å². The number of carbonyl (C=O) groups is 1. The molecule has 98 valence electrons. The van der Waals surface area contributed by atoms with E-state index in [0.717, 1.165) is 5.56 Å². The van der Waals surface area contributed by atoms with Gasteiger partial charge < -0.3 is 10.1 Å². The van der Waals surface area contributed by atoms with E-state index in [1.165, 1.54) is 5.06 Å². The lowest BCUT2D eigenvalue weighted by Crippen LogP contribution is -2.33. The number of hydrogen-bond donors (Lipinski definition) is 1. The van der Waals surface area contributed by atoms with Gasteiger partial charge >= 0.3 is 6.09 Å². The number of ether oxygens (including phenoxy) is 1. The molecule has 0 aliphatic carbocycles. The van der Waals surface area contributed by atoms with Crippen molar-refractivity contribution in [1.82, 2.24) is 10.4 Å². The molecule has 1 aliphatic rings. The predicted octanol–water partition coefficient (Wildman–Crippen LogP) is 1.55. The predicted molar refractivity (Wildman–Crippen MR) is 66.7 cm³/mol. The molecular weight excluding hydrogens is 232 g/mol. The van der Waals surface area contributed by atoms with Crippen LogP contribution in [0.25, 0.3) is 0 Å². The van der Waals surface area contributed by atoms with E-state index in [1.807, 2.05) is 37.3 Å². The zero-order chi connectivity index (χ0) is 12.8. The highest BCUT2D eigenvalue weighted by atomic mass is 16.7. The first-order valence-corrected chi connectivity index (χ1v) is 6.10. The van der Waals surface area contributed by atoms with Gasteiger partial charge in [-0.3, -0.25) is 4.84 Å². The minimum Gasteiger partial charge on any atom is -0.443 e. The van der Waals surface area contributed by atoms with Gasteiger partial charge in [-0.25, -0.2) is 4.79 Å². The largest absolute Gasteiger partial charge is 0.443 e. The average molecular weight is 250 g/mol. The highest BCUT2D eigenvalue weighted by Gasteiger charge is 2.20. The molecule has 1 fully saturated rings. The minimum atomic E-state index is -0.435. The summed E-state index contributed by atoms with van der Waals surface area (Å²) >= 11 is 0. The Morgan fingerprint density at radius 1 is 1.50 bits per heavy atom. The molecule has 0 unspecified atom stereocenters. The van der Waals surface area contributed by atoms with E-state index in [0.29, 0.717) is 19.7 Å². The van der Waals surface area contributed by atoms with Crippen molar-refractivity contribution < 1.29 is 14.4 Å². The Balaban J connectivity index is 1.80. The van der Waals surface area contributed by atoms with E-state index < -0.39 is 6.09 Å². The average Bonchev–Trinajstić information content (AvgIpc) is 2.62. The molecule has 5 nitrogen and oxygen atoms in total. The van der Waals surface area contributed by atoms with E-state index in [-0.39, 0.29) is 12.6 Å². The van der Waals surface area contributed by atoms with Gasteiger partial charge in [0.25, 0.3) is 0 Å². The van der Waals surface area contributed by atoms with Crippen LogP contribution in [0, 0.1) is 0 Å². The summed E-state index contributed by atoms with van der Waals surface area (Å²) in [6.45, 7) is 3.96. The Morgan fingerprint density at radius 3 is 3.06 bits per heavy atom. The van der Waals surface area contributed by atoms with Crippen LogP contribution in [-0.2, 0) is 16.2 Å². The van der Waals surface area contributed by atoms with Crippen LogP contribution in [0.3, 0.4) is 0 Å². The lowest BCUT2D eigenvalue weighted by molar-refractivity contribution is -0.131. The minimum absolute atomic E-state index is 0.247. The Hall–Kier alpha value is -1.59. The molecule has 2 rings (SSSR count). The third-order valence-corrected chi connectivity index (χ3v) is 2.70. The Kier molecular flexibility index (Phi) is 4.55. The first-order valence-electron chi connectivity index (χ1n) is 6.10. The lowest BCUT2D eigenvalue weighted by atomic mass is 10.2. The molecule has 1 N–H and O–H groups in total. The molecule has 0 saturated carbocycles. The van der Waals surface area contributed by atoms with Crippen molar-refractivity contribution in [3.63, 3.8) is 0 Å². The second-order valence-electron chi connectivity index (χ2n) is 4.29. The number of hydroxylamine groups is 2. The van der Waals surface area contributed by atoms with Crippen molar-refractivity contribution in [2.45, 2.75) is 19.6 Å². The van der Waals surface area contributed by atoms with E-state index in [4.69, 9.17) is 9.57 Å². The number of benzene rings is 1. The van der Waals surface area contributed by atoms with Crippen LogP contribution in [-0.4, -0.2) is 36.9 Å². The van der Waals surface area contributed by atoms with Crippen molar-refractivity contribution in [1.29, 1.82) is 0 Å². The molecule has 1 amide bonds. The normalized spacial score (nSPS) is 20.3. The smallest absolute Gasteiger partial charge is 0.434 e. The summed E-state index contributed by atoms with van der Waals surface area (Å²) < 4.78 is 5.19. The Bertz CT molecular complexity index is 383. The van der Waals surface area contributed by atoms with Crippen LogP contribution < -0.4 is 5.32 Å². The molecule has 5 heteroatoms. The topological polar surface area (TPSA) is 50.8 Å². The quantitative estimate of drug-likeness (QED) is 0.865. The highest BCUT2D eigenvalue weighted by Crippen LogP contribution is 2.05. The number of amides is 1. The molecule has 0 aromatic heterocycles. The lowest BCUT2D eigenvalue weighted by Gasteiger charge is -2.18. The molecule has 1 aromatic rings. The van der Waals surface area contributed by atoms with Gasteiger partial charge in [0.1, 0.15) is 6.61 Å². The summed E-state index contributed by atoms with van der Waals surface area (Å²) in [7, 11) is 0. The van der Waals surface area contributed by atoms with Gasteiger partial charge in [0.2, 0.25) is 0 Å². The second-order valence-corrected chi connectivity index (χ2v) is 4.29. The fraction of sp³-hybridized carbons (Fsp3) is 0.462. The standard InChI is InChI=1S/C13H18N2O3/c1-11-9-18-15(8-7-14-11)13(16)17-10-12-5-3-2-4-6-12/h2-6,11,14H,7-10H2,1H3/t11-/m1/s1. The molecule has 0 bridgehead atoms. The zero-order valence-electron chi connectivity index (χ0n) is 10.5. The summed E-state index contributed by atoms with van der Waals surface area (Å²) in [5, 5.41) is 4.51. The first-order chi connectivity index (χ1) is 8.75. The summed E-state index contributed by atoms with van der Waals surface area (Å²) in [6, 6.07) is 9.84. The number of hydrogen-bond acceptors (Lipinski definition) is 4. The Labute approximate surface area is 107 Å². The van der Waals surface area contributed by atoms with Crippen LogP contribution in [0.15, 0.2) is 30.3 Å². The molecule has 0 spiro atoms. The number of nitrogens with one attached hydrogen (secondary N) is 1. The van der Waals surface area contributed by atoms with Gasteiger partial charge in [-0.05, 0) is 12.5 Å². The maximum Gasteiger partial charge on any atom is 0.434 e. The van der Waals surface area contributed by atoms with Crippen LogP contribution in [0.5, 0.6) is 0 Å². The van der Waals surface area contributed by atoms with Crippen LogP contribution in [0.1, 0.15) is 12.5 Å². The maximum atomic E-state index is 11.8. The van der Waals surface area contributed by atoms with Gasteiger partial charge in [-0.2, -0.15) is 5.06 Å². The van der Waals surface area contributed by atoms with Gasteiger partial charge in [0.05, 0.1) is 13.2 Å².